The Balaban J connectivity index is 3.52. The molecule has 1 aromatic rings. The Labute approximate surface area is 106 Å². The monoisotopic (exact) mass is 296 g/mol. The van der Waals surface area contributed by atoms with Gasteiger partial charge in [-0.1, -0.05) is 0 Å². The van der Waals surface area contributed by atoms with Crippen molar-refractivity contribution in [3.8, 4) is 11.8 Å². The number of halogens is 3. The molecule has 0 aliphatic carbocycles. The Morgan fingerprint density at radius 1 is 1.50 bits per heavy atom. The maximum Gasteiger partial charge on any atom is 0.387 e. The van der Waals surface area contributed by atoms with E-state index >= 15 is 0 Å². The fourth-order valence-electron chi connectivity index (χ4n) is 1.30. The molecule has 0 aliphatic heterocycles. The fourth-order valence-corrected chi connectivity index (χ4v) is 2.34. The van der Waals surface area contributed by atoms with Crippen LogP contribution in [0.2, 0.25) is 0 Å². The lowest BCUT2D eigenvalue weighted by Crippen LogP contribution is -2.08. The maximum atomic E-state index is 12.1. The minimum atomic E-state index is -4.27. The Hall–Kier alpha value is -1.43. The second-order valence-electron chi connectivity index (χ2n) is 3.09. The van der Waals surface area contributed by atoms with Crippen LogP contribution in [0.3, 0.4) is 0 Å². The third-order valence-corrected chi connectivity index (χ3v) is 3.32. The molecule has 0 radical (unpaired) electrons. The van der Waals surface area contributed by atoms with Gasteiger partial charge in [0.2, 0.25) is 0 Å². The van der Waals surface area contributed by atoms with E-state index in [1.165, 1.54) is 0 Å². The predicted octanol–water partition coefficient (Wildman–Crippen LogP) is 1.55. The molecule has 0 unspecified atom stereocenters. The minimum Gasteiger partial charge on any atom is -0.435 e. The number of benzene rings is 1. The van der Waals surface area contributed by atoms with Gasteiger partial charge in [-0.05, 0) is 11.6 Å². The van der Waals surface area contributed by atoms with Gasteiger partial charge in [0.15, 0.2) is 0 Å². The van der Waals surface area contributed by atoms with Gasteiger partial charge in [0, 0.05) is 23.3 Å². The largest absolute Gasteiger partial charge is 0.435 e. The van der Waals surface area contributed by atoms with Crippen molar-refractivity contribution >= 4 is 19.7 Å². The zero-order chi connectivity index (χ0) is 13.9. The lowest BCUT2D eigenvalue weighted by Gasteiger charge is -2.10. The van der Waals surface area contributed by atoms with Gasteiger partial charge in [0.05, 0.1) is 5.56 Å². The Morgan fingerprint density at radius 2 is 2.11 bits per heavy atom. The van der Waals surface area contributed by atoms with E-state index in [9.17, 15) is 17.2 Å². The van der Waals surface area contributed by atoms with Crippen molar-refractivity contribution in [2.75, 3.05) is 0 Å². The molecule has 98 valence electrons. The van der Waals surface area contributed by atoms with E-state index in [1.54, 1.807) is 6.07 Å². The predicted molar refractivity (Wildman–Crippen MR) is 58.7 cm³/mol. The Kier molecular flexibility index (Phi) is 4.45. The molecule has 0 heterocycles. The lowest BCUT2D eigenvalue weighted by molar-refractivity contribution is -0.0500. The van der Waals surface area contributed by atoms with Crippen LogP contribution < -0.4 is 10.5 Å². The van der Waals surface area contributed by atoms with Crippen LogP contribution in [0.4, 0.5) is 8.78 Å². The van der Waals surface area contributed by atoms with Gasteiger partial charge in [0.1, 0.15) is 16.7 Å². The number of hydrogen-bond donors (Lipinski definition) is 1. The summed E-state index contributed by atoms with van der Waals surface area (Å²) in [5.74, 6) is -0.427. The first-order valence-electron chi connectivity index (χ1n) is 4.46. The molecule has 0 saturated heterocycles. The van der Waals surface area contributed by atoms with Crippen molar-refractivity contribution < 1.29 is 21.9 Å². The molecule has 0 atom stereocenters. The van der Waals surface area contributed by atoms with Crippen LogP contribution in [0.25, 0.3) is 0 Å². The Morgan fingerprint density at radius 3 is 2.50 bits per heavy atom. The number of nitrogens with two attached hydrogens (primary N) is 1. The molecule has 1 aromatic carbocycles. The molecule has 5 nitrogen and oxygen atoms in total. The van der Waals surface area contributed by atoms with Crippen molar-refractivity contribution in [2.45, 2.75) is 18.1 Å². The molecule has 0 spiro atoms. The van der Waals surface area contributed by atoms with Gasteiger partial charge in [0.25, 0.3) is 9.05 Å². The first kappa shape index (κ1) is 14.6. The third kappa shape index (κ3) is 3.29. The molecule has 0 aromatic heterocycles. The first-order chi connectivity index (χ1) is 8.29. The van der Waals surface area contributed by atoms with Crippen molar-refractivity contribution in [1.82, 2.24) is 0 Å². The number of rotatable bonds is 4. The van der Waals surface area contributed by atoms with E-state index in [4.69, 9.17) is 21.7 Å². The number of nitriles is 1. The zero-order valence-corrected chi connectivity index (χ0v) is 10.3. The molecule has 0 fully saturated rings. The highest BCUT2D eigenvalue weighted by molar-refractivity contribution is 8.13. The topological polar surface area (TPSA) is 93.2 Å². The quantitative estimate of drug-likeness (QED) is 0.851. The van der Waals surface area contributed by atoms with Gasteiger partial charge in [-0.3, -0.25) is 0 Å². The van der Waals surface area contributed by atoms with Crippen LogP contribution in [-0.2, 0) is 15.6 Å². The average Bonchev–Trinajstić information content (AvgIpc) is 2.25. The number of ether oxygens (including phenoxy) is 1. The Bertz CT molecular complexity index is 599. The van der Waals surface area contributed by atoms with Gasteiger partial charge in [-0.15, -0.1) is 0 Å². The zero-order valence-electron chi connectivity index (χ0n) is 8.73. The van der Waals surface area contributed by atoms with Crippen LogP contribution >= 0.6 is 10.7 Å². The molecular formula is C9H7ClF2N2O3S. The minimum absolute atomic E-state index is 0.0508. The molecule has 0 saturated carbocycles. The maximum absolute atomic E-state index is 12.1. The van der Waals surface area contributed by atoms with Crippen LogP contribution in [0.1, 0.15) is 11.1 Å². The molecule has 0 bridgehead atoms. The van der Waals surface area contributed by atoms with Crippen LogP contribution in [0.5, 0.6) is 5.75 Å². The summed E-state index contributed by atoms with van der Waals surface area (Å²) in [6, 6.07) is 3.44. The first-order valence-corrected chi connectivity index (χ1v) is 6.77. The van der Waals surface area contributed by atoms with E-state index in [1.807, 2.05) is 0 Å². The summed E-state index contributed by atoms with van der Waals surface area (Å²) in [5, 5.41) is 8.85. The van der Waals surface area contributed by atoms with Crippen LogP contribution in [0, 0.1) is 11.3 Å². The molecule has 9 heteroatoms. The number of alkyl halides is 2. The van der Waals surface area contributed by atoms with Gasteiger partial charge in [-0.25, -0.2) is 8.42 Å². The van der Waals surface area contributed by atoms with Crippen molar-refractivity contribution in [3.63, 3.8) is 0 Å². The SMILES string of the molecule is N#Cc1c(CN)cc(OC(F)F)cc1S(=O)(=O)Cl. The molecule has 18 heavy (non-hydrogen) atoms. The van der Waals surface area contributed by atoms with Gasteiger partial charge < -0.3 is 10.5 Å². The fraction of sp³-hybridized carbons (Fsp3) is 0.222. The van der Waals surface area contributed by atoms with Crippen molar-refractivity contribution in [1.29, 1.82) is 5.26 Å². The van der Waals surface area contributed by atoms with E-state index < -0.39 is 26.3 Å². The van der Waals surface area contributed by atoms with Crippen LogP contribution in [-0.4, -0.2) is 15.0 Å². The van der Waals surface area contributed by atoms with Crippen molar-refractivity contribution in [2.24, 2.45) is 5.73 Å². The standard InChI is InChI=1S/C9H7ClF2N2O3S/c10-18(15,16)8-2-6(17-9(11)12)1-5(3-13)7(8)4-14/h1-2,9H,3,13H2. The highest BCUT2D eigenvalue weighted by Gasteiger charge is 2.21. The molecule has 1 rings (SSSR count). The summed E-state index contributed by atoms with van der Waals surface area (Å²) in [4.78, 5) is -0.606. The number of nitrogens with zero attached hydrogens (tertiary/aromatic N) is 1. The smallest absolute Gasteiger partial charge is 0.387 e. The normalized spacial score (nSPS) is 11.3. The molecule has 0 aliphatic rings. The number of hydrogen-bond acceptors (Lipinski definition) is 5. The highest BCUT2D eigenvalue weighted by atomic mass is 35.7. The summed E-state index contributed by atoms with van der Waals surface area (Å²) >= 11 is 0. The second kappa shape index (κ2) is 5.48. The van der Waals surface area contributed by atoms with E-state index in [0.717, 1.165) is 12.1 Å². The van der Waals surface area contributed by atoms with Crippen molar-refractivity contribution in [3.05, 3.63) is 23.3 Å². The van der Waals surface area contributed by atoms with E-state index in [0.29, 0.717) is 0 Å². The summed E-state index contributed by atoms with van der Waals surface area (Å²) in [5.41, 5.74) is 5.07. The highest BCUT2D eigenvalue weighted by Crippen LogP contribution is 2.29. The molecular weight excluding hydrogens is 290 g/mol. The lowest BCUT2D eigenvalue weighted by atomic mass is 10.1. The summed E-state index contributed by atoms with van der Waals surface area (Å²) in [6.45, 7) is -3.35. The molecule has 2 N–H and O–H groups in total. The molecule has 0 amide bonds. The summed E-state index contributed by atoms with van der Waals surface area (Å²) < 4.78 is 50.7. The average molecular weight is 297 g/mol. The third-order valence-electron chi connectivity index (χ3n) is 1.98. The summed E-state index contributed by atoms with van der Waals surface area (Å²) in [6.07, 6.45) is 0. The van der Waals surface area contributed by atoms with Gasteiger partial charge >= 0.3 is 6.61 Å². The second-order valence-corrected chi connectivity index (χ2v) is 5.62. The van der Waals surface area contributed by atoms with E-state index in [2.05, 4.69) is 4.74 Å². The van der Waals surface area contributed by atoms with Gasteiger partial charge in [-0.2, -0.15) is 14.0 Å². The van der Waals surface area contributed by atoms with Crippen LogP contribution in [0.15, 0.2) is 17.0 Å². The summed E-state index contributed by atoms with van der Waals surface area (Å²) in [7, 11) is 0.850. The van der Waals surface area contributed by atoms with E-state index in [-0.39, 0.29) is 17.7 Å².